The topological polar surface area (TPSA) is 86.7 Å². The molecule has 0 fully saturated rings. The van der Waals surface area contributed by atoms with Crippen LogP contribution in [-0.4, -0.2) is 34.6 Å². The summed E-state index contributed by atoms with van der Waals surface area (Å²) in [4.78, 5) is 0. The van der Waals surface area contributed by atoms with Crippen LogP contribution in [-0.2, 0) is 28.6 Å². The summed E-state index contributed by atoms with van der Waals surface area (Å²) in [7, 11) is -8.25. The van der Waals surface area contributed by atoms with Crippen LogP contribution in [0.5, 0.6) is 0 Å². The Bertz CT molecular complexity index is 345. The molecule has 0 saturated heterocycles. The number of rotatable bonds is 8. The molecule has 0 N–H and O–H groups in total. The zero-order valence-corrected chi connectivity index (χ0v) is 11.3. The second kappa shape index (κ2) is 6.53. The first kappa shape index (κ1) is 15.8. The molecular formula is C8H18O6S2. The molecule has 0 rings (SSSR count). The largest absolute Gasteiger partial charge is 0.287 e. The van der Waals surface area contributed by atoms with Crippen LogP contribution in [0.4, 0.5) is 0 Å². The Hall–Kier alpha value is -0.180. The fourth-order valence-corrected chi connectivity index (χ4v) is 3.40. The standard InChI is InChI=1S/C8H18O6S2/c1-4-6-13-15(9,10)8(3)16(11,12)14-7-5-2/h8H,4-7H2,1-3H3. The van der Waals surface area contributed by atoms with Gasteiger partial charge in [0.2, 0.25) is 4.58 Å². The highest BCUT2D eigenvalue weighted by molar-refractivity contribution is 8.04. The molecule has 0 atom stereocenters. The summed E-state index contributed by atoms with van der Waals surface area (Å²) in [6.07, 6.45) is 0.976. The highest BCUT2D eigenvalue weighted by atomic mass is 32.3. The lowest BCUT2D eigenvalue weighted by Crippen LogP contribution is -2.31. The molecule has 0 heterocycles. The predicted molar refractivity (Wildman–Crippen MR) is 59.8 cm³/mol. The molecule has 0 aliphatic heterocycles. The van der Waals surface area contributed by atoms with Crippen molar-refractivity contribution in [1.82, 2.24) is 0 Å². The third-order valence-electron chi connectivity index (χ3n) is 1.72. The molecule has 0 amide bonds. The van der Waals surface area contributed by atoms with E-state index in [-0.39, 0.29) is 13.2 Å². The lowest BCUT2D eigenvalue weighted by atomic mass is 10.5. The molecule has 0 bridgehead atoms. The molecule has 6 nitrogen and oxygen atoms in total. The first-order chi connectivity index (χ1) is 7.28. The van der Waals surface area contributed by atoms with Crippen molar-refractivity contribution in [2.24, 2.45) is 0 Å². The van der Waals surface area contributed by atoms with Gasteiger partial charge in [0.25, 0.3) is 20.2 Å². The Morgan fingerprint density at radius 3 is 1.44 bits per heavy atom. The lowest BCUT2D eigenvalue weighted by Gasteiger charge is -2.13. The summed E-state index contributed by atoms with van der Waals surface area (Å²) in [5.74, 6) is 0. The van der Waals surface area contributed by atoms with Gasteiger partial charge in [0.05, 0.1) is 13.2 Å². The Morgan fingerprint density at radius 1 is 0.875 bits per heavy atom. The van der Waals surface area contributed by atoms with E-state index in [4.69, 9.17) is 0 Å². The summed E-state index contributed by atoms with van der Waals surface area (Å²) >= 11 is 0. The molecule has 0 aromatic heterocycles. The van der Waals surface area contributed by atoms with E-state index in [9.17, 15) is 16.8 Å². The van der Waals surface area contributed by atoms with Gasteiger partial charge in [0, 0.05) is 0 Å². The van der Waals surface area contributed by atoms with Crippen LogP contribution in [0.3, 0.4) is 0 Å². The third kappa shape index (κ3) is 4.77. The zero-order valence-electron chi connectivity index (χ0n) is 9.67. The van der Waals surface area contributed by atoms with Crippen molar-refractivity contribution in [3.8, 4) is 0 Å². The minimum atomic E-state index is -4.12. The Balaban J connectivity index is 4.71. The zero-order chi connectivity index (χ0) is 12.8. The van der Waals surface area contributed by atoms with E-state index >= 15 is 0 Å². The first-order valence-corrected chi connectivity index (χ1v) is 7.98. The molecule has 98 valence electrons. The van der Waals surface area contributed by atoms with Gasteiger partial charge in [0.15, 0.2) is 0 Å². The van der Waals surface area contributed by atoms with E-state index in [1.54, 1.807) is 13.8 Å². The Labute approximate surface area is 97.2 Å². The summed E-state index contributed by atoms with van der Waals surface area (Å²) < 4.78 is 53.0. The first-order valence-electron chi connectivity index (χ1n) is 5.04. The lowest BCUT2D eigenvalue weighted by molar-refractivity contribution is 0.302. The van der Waals surface area contributed by atoms with E-state index in [1.807, 2.05) is 0 Å². The van der Waals surface area contributed by atoms with Crippen LogP contribution in [0.1, 0.15) is 33.6 Å². The van der Waals surface area contributed by atoms with Gasteiger partial charge >= 0.3 is 0 Å². The molecule has 0 saturated carbocycles. The SMILES string of the molecule is CCCOS(=O)(=O)C(C)S(=O)(=O)OCCC. The van der Waals surface area contributed by atoms with Crippen LogP contribution in [0, 0.1) is 0 Å². The molecule has 0 aliphatic carbocycles. The molecule has 16 heavy (non-hydrogen) atoms. The van der Waals surface area contributed by atoms with Crippen LogP contribution in [0.2, 0.25) is 0 Å². The van der Waals surface area contributed by atoms with Gasteiger partial charge in [-0.3, -0.25) is 8.37 Å². The van der Waals surface area contributed by atoms with Crippen molar-refractivity contribution in [3.63, 3.8) is 0 Å². The monoisotopic (exact) mass is 274 g/mol. The fraction of sp³-hybridized carbons (Fsp3) is 1.00. The summed E-state index contributed by atoms with van der Waals surface area (Å²) in [6.45, 7) is 4.42. The third-order valence-corrected chi connectivity index (χ3v) is 5.75. The maximum Gasteiger partial charge on any atom is 0.287 e. The van der Waals surface area contributed by atoms with Crippen molar-refractivity contribution in [1.29, 1.82) is 0 Å². The van der Waals surface area contributed by atoms with Gasteiger partial charge in [-0.15, -0.1) is 0 Å². The average Bonchev–Trinajstić information content (AvgIpc) is 2.22. The van der Waals surface area contributed by atoms with Gasteiger partial charge in [-0.25, -0.2) is 0 Å². The molecule has 0 aromatic rings. The fourth-order valence-electron chi connectivity index (χ4n) is 0.735. The van der Waals surface area contributed by atoms with E-state index in [0.717, 1.165) is 6.92 Å². The van der Waals surface area contributed by atoms with Crippen LogP contribution >= 0.6 is 0 Å². The molecule has 0 aliphatic rings. The Morgan fingerprint density at radius 2 is 1.19 bits per heavy atom. The van der Waals surface area contributed by atoms with E-state index in [0.29, 0.717) is 12.8 Å². The maximum absolute atomic E-state index is 11.4. The second-order valence-electron chi connectivity index (χ2n) is 3.20. The van der Waals surface area contributed by atoms with E-state index in [1.165, 1.54) is 0 Å². The highest BCUT2D eigenvalue weighted by Gasteiger charge is 2.35. The van der Waals surface area contributed by atoms with Crippen molar-refractivity contribution in [2.45, 2.75) is 38.2 Å². The van der Waals surface area contributed by atoms with Gasteiger partial charge in [0.1, 0.15) is 0 Å². The molecule has 0 unspecified atom stereocenters. The van der Waals surface area contributed by atoms with Crippen molar-refractivity contribution in [2.75, 3.05) is 13.2 Å². The van der Waals surface area contributed by atoms with Crippen LogP contribution < -0.4 is 0 Å². The van der Waals surface area contributed by atoms with Crippen LogP contribution in [0.25, 0.3) is 0 Å². The van der Waals surface area contributed by atoms with E-state index in [2.05, 4.69) is 8.37 Å². The molecular weight excluding hydrogens is 256 g/mol. The average molecular weight is 274 g/mol. The van der Waals surface area contributed by atoms with Crippen molar-refractivity contribution < 1.29 is 25.2 Å². The van der Waals surface area contributed by atoms with Gasteiger partial charge in [-0.1, -0.05) is 13.8 Å². The molecule has 0 spiro atoms. The summed E-state index contributed by atoms with van der Waals surface area (Å²) in [6, 6.07) is 0. The summed E-state index contributed by atoms with van der Waals surface area (Å²) in [5, 5.41) is 0. The highest BCUT2D eigenvalue weighted by Crippen LogP contribution is 2.13. The van der Waals surface area contributed by atoms with Gasteiger partial charge < -0.3 is 0 Å². The van der Waals surface area contributed by atoms with Gasteiger partial charge in [-0.05, 0) is 19.8 Å². The minimum absolute atomic E-state index is 0.0318. The van der Waals surface area contributed by atoms with Gasteiger partial charge in [-0.2, -0.15) is 16.8 Å². The smallest absolute Gasteiger partial charge is 0.269 e. The van der Waals surface area contributed by atoms with Crippen molar-refractivity contribution >= 4 is 20.2 Å². The quantitative estimate of drug-likeness (QED) is 0.610. The normalized spacial score (nSPS) is 13.2. The maximum atomic E-state index is 11.4. The molecule has 8 heteroatoms. The molecule has 0 radical (unpaired) electrons. The number of hydrogen-bond donors (Lipinski definition) is 0. The Kier molecular flexibility index (Phi) is 6.46. The predicted octanol–water partition coefficient (Wildman–Crippen LogP) is 0.845. The van der Waals surface area contributed by atoms with Crippen molar-refractivity contribution in [3.05, 3.63) is 0 Å². The minimum Gasteiger partial charge on any atom is -0.269 e. The van der Waals surface area contributed by atoms with Crippen LogP contribution in [0.15, 0.2) is 0 Å². The second-order valence-corrected chi connectivity index (χ2v) is 7.35. The van der Waals surface area contributed by atoms with E-state index < -0.39 is 24.8 Å². The molecule has 0 aromatic carbocycles. The number of hydrogen-bond acceptors (Lipinski definition) is 6. The summed E-state index contributed by atoms with van der Waals surface area (Å²) in [5.41, 5.74) is 0.